The molecule has 0 amide bonds. The zero-order chi connectivity index (χ0) is 12.4. The Balaban J connectivity index is 2.44. The second-order valence-corrected chi connectivity index (χ2v) is 3.64. The molecule has 0 aliphatic carbocycles. The van der Waals surface area contributed by atoms with Gasteiger partial charge in [0.25, 0.3) is 0 Å². The van der Waals surface area contributed by atoms with E-state index in [1.165, 1.54) is 11.7 Å². The van der Waals surface area contributed by atoms with E-state index in [0.29, 0.717) is 5.69 Å². The minimum atomic E-state index is -0.607. The molecule has 86 valence electrons. The molecule has 0 aliphatic heterocycles. The van der Waals surface area contributed by atoms with Crippen molar-refractivity contribution in [1.29, 1.82) is 0 Å². The molecule has 0 atom stereocenters. The topological polar surface area (TPSA) is 64.8 Å². The Hall–Kier alpha value is -2.30. The van der Waals surface area contributed by atoms with E-state index in [1.807, 2.05) is 30.3 Å². The summed E-state index contributed by atoms with van der Waals surface area (Å²) in [5, 5.41) is 8.15. The molecule has 2 rings (SSSR count). The highest BCUT2D eigenvalue weighted by molar-refractivity contribution is 6.42. The first-order valence-electron chi connectivity index (χ1n) is 5.14. The van der Waals surface area contributed by atoms with Crippen LogP contribution < -0.4 is 0 Å². The third-order valence-corrected chi connectivity index (χ3v) is 2.30. The molecule has 0 fully saturated rings. The van der Waals surface area contributed by atoms with Crippen molar-refractivity contribution < 1.29 is 9.59 Å². The number of carbonyl (C=O) groups excluding carboxylic acids is 2. The summed E-state index contributed by atoms with van der Waals surface area (Å²) < 4.78 is 0. The van der Waals surface area contributed by atoms with E-state index in [-0.39, 0.29) is 5.69 Å². The maximum absolute atomic E-state index is 11.5. The lowest BCUT2D eigenvalue weighted by atomic mass is 10.2. The van der Waals surface area contributed by atoms with Gasteiger partial charge in [-0.25, -0.2) is 0 Å². The van der Waals surface area contributed by atoms with Gasteiger partial charge in [-0.15, -0.1) is 5.10 Å². The van der Waals surface area contributed by atoms with Crippen LogP contribution in [0.15, 0.2) is 30.3 Å². The highest BCUT2D eigenvalue weighted by atomic mass is 16.2. The van der Waals surface area contributed by atoms with Crippen LogP contribution in [-0.4, -0.2) is 26.6 Å². The molecule has 17 heavy (non-hydrogen) atoms. The normalized spacial score (nSPS) is 10.2. The smallest absolute Gasteiger partial charge is 0.250 e. The van der Waals surface area contributed by atoms with Crippen molar-refractivity contribution in [3.8, 4) is 5.69 Å². The van der Waals surface area contributed by atoms with Crippen molar-refractivity contribution in [2.24, 2.45) is 0 Å². The molecule has 5 nitrogen and oxygen atoms in total. The van der Waals surface area contributed by atoms with Crippen LogP contribution in [0.1, 0.15) is 23.1 Å². The van der Waals surface area contributed by atoms with E-state index < -0.39 is 11.6 Å². The van der Waals surface area contributed by atoms with Gasteiger partial charge >= 0.3 is 0 Å². The van der Waals surface area contributed by atoms with Crippen LogP contribution >= 0.6 is 0 Å². The molecule has 0 bridgehead atoms. The molecule has 0 radical (unpaired) electrons. The number of aromatic nitrogens is 3. The fourth-order valence-electron chi connectivity index (χ4n) is 1.43. The number of nitrogens with zero attached hydrogens (tertiary/aromatic N) is 3. The quantitative estimate of drug-likeness (QED) is 0.588. The predicted molar refractivity (Wildman–Crippen MR) is 61.1 cm³/mol. The zero-order valence-corrected chi connectivity index (χ0v) is 9.54. The second-order valence-electron chi connectivity index (χ2n) is 3.64. The molecule has 0 spiro atoms. The van der Waals surface area contributed by atoms with Gasteiger partial charge in [0.1, 0.15) is 0 Å². The molecule has 0 N–H and O–H groups in total. The summed E-state index contributed by atoms with van der Waals surface area (Å²) in [6.07, 6.45) is 0. The Bertz CT molecular complexity index is 573. The summed E-state index contributed by atoms with van der Waals surface area (Å²) in [6, 6.07) is 9.21. The van der Waals surface area contributed by atoms with Crippen molar-refractivity contribution in [3.63, 3.8) is 0 Å². The van der Waals surface area contributed by atoms with E-state index in [2.05, 4.69) is 10.2 Å². The van der Waals surface area contributed by atoms with Crippen LogP contribution in [0.2, 0.25) is 0 Å². The van der Waals surface area contributed by atoms with E-state index in [4.69, 9.17) is 0 Å². The van der Waals surface area contributed by atoms with Crippen molar-refractivity contribution in [2.75, 3.05) is 0 Å². The minimum Gasteiger partial charge on any atom is -0.291 e. The van der Waals surface area contributed by atoms with Gasteiger partial charge < -0.3 is 0 Å². The first kappa shape index (κ1) is 11.2. The Morgan fingerprint density at radius 3 is 2.35 bits per heavy atom. The monoisotopic (exact) mass is 229 g/mol. The molecule has 0 saturated carbocycles. The van der Waals surface area contributed by atoms with Crippen molar-refractivity contribution in [3.05, 3.63) is 41.7 Å². The number of ketones is 2. The van der Waals surface area contributed by atoms with Crippen LogP contribution in [0.5, 0.6) is 0 Å². The summed E-state index contributed by atoms with van der Waals surface area (Å²) in [5.74, 6) is -1.14. The second kappa shape index (κ2) is 4.29. The highest BCUT2D eigenvalue weighted by Crippen LogP contribution is 2.08. The Morgan fingerprint density at radius 1 is 1.12 bits per heavy atom. The lowest BCUT2D eigenvalue weighted by Crippen LogP contribution is -2.12. The van der Waals surface area contributed by atoms with Crippen molar-refractivity contribution >= 4 is 11.6 Å². The van der Waals surface area contributed by atoms with E-state index in [1.54, 1.807) is 6.92 Å². The maximum Gasteiger partial charge on any atom is 0.250 e. The Labute approximate surface area is 98.1 Å². The van der Waals surface area contributed by atoms with Crippen LogP contribution in [0.25, 0.3) is 5.69 Å². The summed E-state index contributed by atoms with van der Waals surface area (Å²) in [4.78, 5) is 23.9. The molecule has 5 heteroatoms. The Morgan fingerprint density at radius 2 is 1.76 bits per heavy atom. The van der Waals surface area contributed by atoms with Crippen LogP contribution in [0, 0.1) is 6.92 Å². The van der Waals surface area contributed by atoms with Crippen molar-refractivity contribution in [2.45, 2.75) is 13.8 Å². The van der Waals surface area contributed by atoms with E-state index in [0.717, 1.165) is 5.69 Å². The number of Topliss-reactive ketones (excluding diaryl/α,β-unsaturated/α-hetero) is 2. The largest absolute Gasteiger partial charge is 0.291 e. The molecule has 0 aliphatic rings. The van der Waals surface area contributed by atoms with Crippen LogP contribution in [-0.2, 0) is 4.79 Å². The number of hydrogen-bond acceptors (Lipinski definition) is 4. The molecular weight excluding hydrogens is 218 g/mol. The summed E-state index contributed by atoms with van der Waals surface area (Å²) >= 11 is 0. The number of aryl methyl sites for hydroxylation is 1. The SMILES string of the molecule is CC(=O)C(=O)c1nn(-c2ccccc2)nc1C. The average Bonchev–Trinajstić information content (AvgIpc) is 2.71. The molecule has 1 aromatic carbocycles. The Kier molecular flexibility index (Phi) is 2.82. The van der Waals surface area contributed by atoms with Gasteiger partial charge in [0.2, 0.25) is 11.6 Å². The van der Waals surface area contributed by atoms with E-state index >= 15 is 0 Å². The van der Waals surface area contributed by atoms with E-state index in [9.17, 15) is 9.59 Å². The first-order valence-corrected chi connectivity index (χ1v) is 5.14. The number of carbonyl (C=O) groups is 2. The van der Waals surface area contributed by atoms with Gasteiger partial charge in [0, 0.05) is 6.92 Å². The van der Waals surface area contributed by atoms with Gasteiger partial charge in [-0.2, -0.15) is 9.90 Å². The molecule has 1 aromatic heterocycles. The fraction of sp³-hybridized carbons (Fsp3) is 0.167. The number of rotatable bonds is 3. The summed E-state index contributed by atoms with van der Waals surface area (Å²) in [6.45, 7) is 2.88. The lowest BCUT2D eigenvalue weighted by Gasteiger charge is -1.96. The number of para-hydroxylation sites is 1. The van der Waals surface area contributed by atoms with Gasteiger partial charge in [-0.1, -0.05) is 18.2 Å². The molecule has 0 saturated heterocycles. The van der Waals surface area contributed by atoms with Gasteiger partial charge in [0.05, 0.1) is 11.4 Å². The zero-order valence-electron chi connectivity index (χ0n) is 9.54. The average molecular weight is 229 g/mol. The number of hydrogen-bond donors (Lipinski definition) is 0. The maximum atomic E-state index is 11.5. The molecular formula is C12H11N3O2. The minimum absolute atomic E-state index is 0.112. The fourth-order valence-corrected chi connectivity index (χ4v) is 1.43. The van der Waals surface area contributed by atoms with Gasteiger partial charge in [-0.05, 0) is 19.1 Å². The third-order valence-electron chi connectivity index (χ3n) is 2.30. The molecule has 2 aromatic rings. The third kappa shape index (κ3) is 2.13. The number of benzene rings is 1. The predicted octanol–water partition coefficient (Wildman–Crippen LogP) is 1.35. The van der Waals surface area contributed by atoms with Crippen LogP contribution in [0.3, 0.4) is 0 Å². The lowest BCUT2D eigenvalue weighted by molar-refractivity contribution is -0.113. The summed E-state index contributed by atoms with van der Waals surface area (Å²) in [5.41, 5.74) is 1.31. The molecule has 1 heterocycles. The highest BCUT2D eigenvalue weighted by Gasteiger charge is 2.19. The van der Waals surface area contributed by atoms with Gasteiger partial charge in [0.15, 0.2) is 5.69 Å². The summed E-state index contributed by atoms with van der Waals surface area (Å²) in [7, 11) is 0. The van der Waals surface area contributed by atoms with Crippen LogP contribution in [0.4, 0.5) is 0 Å². The first-order chi connectivity index (χ1) is 8.09. The molecule has 0 unspecified atom stereocenters. The standard InChI is InChI=1S/C12H11N3O2/c1-8-11(12(17)9(2)16)14-15(13-8)10-6-4-3-5-7-10/h3-7H,1-2H3. The van der Waals surface area contributed by atoms with Gasteiger partial charge in [-0.3, -0.25) is 9.59 Å². The van der Waals surface area contributed by atoms with Crippen molar-refractivity contribution in [1.82, 2.24) is 15.0 Å².